The summed E-state index contributed by atoms with van der Waals surface area (Å²) in [5.74, 6) is 8.69. The van der Waals surface area contributed by atoms with Gasteiger partial charge in [0.25, 0.3) is 0 Å². The van der Waals surface area contributed by atoms with Gasteiger partial charge >= 0.3 is 0 Å². The minimum absolute atomic E-state index is 0.571. The lowest BCUT2D eigenvalue weighted by Crippen LogP contribution is -2.49. The lowest BCUT2D eigenvalue weighted by Gasteiger charge is -2.58. The van der Waals surface area contributed by atoms with Crippen molar-refractivity contribution >= 4 is 0 Å². The maximum absolute atomic E-state index is 5.50. The van der Waals surface area contributed by atoms with Crippen LogP contribution in [0.4, 0.5) is 0 Å². The third kappa shape index (κ3) is 3.59. The van der Waals surface area contributed by atoms with E-state index in [0.717, 1.165) is 47.7 Å². The van der Waals surface area contributed by atoms with Gasteiger partial charge in [0, 0.05) is 12.7 Å². The first kappa shape index (κ1) is 21.6. The maximum Gasteiger partial charge on any atom is 0.134 e. The van der Waals surface area contributed by atoms with Crippen LogP contribution in [0.2, 0.25) is 0 Å². The molecule has 0 spiro atoms. The summed E-state index contributed by atoms with van der Waals surface area (Å²) in [6, 6.07) is 1.97. The van der Waals surface area contributed by atoms with Crippen molar-refractivity contribution in [3.8, 4) is 12.3 Å². The summed E-state index contributed by atoms with van der Waals surface area (Å²) in [6.07, 6.45) is 25.2. The number of aryl methyl sites for hydroxylation is 1. The molecule has 4 fully saturated rings. The fourth-order valence-electron chi connectivity index (χ4n) is 9.39. The van der Waals surface area contributed by atoms with Crippen molar-refractivity contribution in [3.63, 3.8) is 0 Å². The van der Waals surface area contributed by atoms with E-state index in [2.05, 4.69) is 42.7 Å². The molecule has 1 heterocycles. The molecule has 0 N–H and O–H groups in total. The molecule has 0 bridgehead atoms. The zero-order valence-electron chi connectivity index (χ0n) is 20.3. The van der Waals surface area contributed by atoms with Crippen LogP contribution in [0.25, 0.3) is 0 Å². The van der Waals surface area contributed by atoms with Crippen LogP contribution >= 0.6 is 0 Å². The second-order valence-electron chi connectivity index (χ2n) is 12.1. The highest BCUT2D eigenvalue weighted by Crippen LogP contribution is 2.66. The average molecular weight is 421 g/mol. The molecule has 0 amide bonds. The van der Waals surface area contributed by atoms with E-state index in [4.69, 9.17) is 6.42 Å². The van der Waals surface area contributed by atoms with Crippen LogP contribution in [0.15, 0.2) is 12.3 Å². The molecule has 31 heavy (non-hydrogen) atoms. The van der Waals surface area contributed by atoms with Crippen LogP contribution in [0.1, 0.15) is 104 Å². The largest absolute Gasteiger partial charge is 0.271 e. The second-order valence-corrected chi connectivity index (χ2v) is 12.1. The summed E-state index contributed by atoms with van der Waals surface area (Å²) < 4.78 is 2.08. The number of terminal acetylenes is 1. The molecule has 4 aliphatic carbocycles. The number of fused-ring (bicyclic) bond motifs is 5. The van der Waals surface area contributed by atoms with Crippen molar-refractivity contribution in [1.29, 1.82) is 0 Å². The van der Waals surface area contributed by atoms with Gasteiger partial charge in [0.2, 0.25) is 0 Å². The molecule has 5 rings (SSSR count). The topological polar surface area (TPSA) is 17.8 Å². The lowest BCUT2D eigenvalue weighted by atomic mass is 9.47. The van der Waals surface area contributed by atoms with Crippen molar-refractivity contribution in [3.05, 3.63) is 18.0 Å². The minimum Gasteiger partial charge on any atom is -0.271 e. The SMILES string of the molecule is C#Cc1ccn(CCC2CCC3C4CCC5CC(CC)(CC)CCC5C4CCC23C)n1. The van der Waals surface area contributed by atoms with E-state index in [-0.39, 0.29) is 0 Å². The number of aromatic nitrogens is 2. The van der Waals surface area contributed by atoms with Crippen LogP contribution in [0.3, 0.4) is 0 Å². The van der Waals surface area contributed by atoms with Gasteiger partial charge in [-0.25, -0.2) is 0 Å². The van der Waals surface area contributed by atoms with Crippen molar-refractivity contribution in [1.82, 2.24) is 9.78 Å². The lowest BCUT2D eigenvalue weighted by molar-refractivity contribution is -0.0820. The highest BCUT2D eigenvalue weighted by Gasteiger charge is 2.57. The van der Waals surface area contributed by atoms with Gasteiger partial charge in [0.15, 0.2) is 0 Å². The van der Waals surface area contributed by atoms with Crippen LogP contribution in [0, 0.1) is 58.7 Å². The summed E-state index contributed by atoms with van der Waals surface area (Å²) in [5.41, 5.74) is 2.03. The Bertz CT molecular complexity index is 811. The van der Waals surface area contributed by atoms with Gasteiger partial charge in [-0.05, 0) is 123 Å². The van der Waals surface area contributed by atoms with E-state index in [9.17, 15) is 0 Å². The fraction of sp³-hybridized carbons (Fsp3) is 0.828. The molecule has 7 atom stereocenters. The third-order valence-corrected chi connectivity index (χ3v) is 11.4. The van der Waals surface area contributed by atoms with Crippen molar-refractivity contribution in [2.45, 2.75) is 104 Å². The number of hydrogen-bond donors (Lipinski definition) is 0. The highest BCUT2D eigenvalue weighted by atomic mass is 15.3. The fourth-order valence-corrected chi connectivity index (χ4v) is 9.39. The molecular formula is C29H44N2. The first-order chi connectivity index (χ1) is 15.0. The zero-order valence-corrected chi connectivity index (χ0v) is 20.3. The normalized spacial score (nSPS) is 41.1. The minimum atomic E-state index is 0.571. The Labute approximate surface area is 191 Å². The number of hydrogen-bond acceptors (Lipinski definition) is 1. The van der Waals surface area contributed by atoms with Gasteiger partial charge in [-0.2, -0.15) is 5.10 Å². The molecule has 0 saturated heterocycles. The van der Waals surface area contributed by atoms with Crippen LogP contribution in [0.5, 0.6) is 0 Å². The van der Waals surface area contributed by atoms with Gasteiger partial charge in [0.1, 0.15) is 5.69 Å². The van der Waals surface area contributed by atoms with Crippen molar-refractivity contribution < 1.29 is 0 Å². The molecule has 1 aromatic heterocycles. The predicted octanol–water partition coefficient (Wildman–Crippen LogP) is 7.33. The standard InChI is InChI=1S/C29H44N2/c1-5-23-15-19-31(30-23)18-14-22-9-11-27-26-10-8-21-20-29(6-2,7-3)17-13-24(21)25(26)12-16-28(22,27)4/h1,15,19,21-22,24-27H,6-14,16-18,20H2,2-4H3. The molecule has 2 nitrogen and oxygen atoms in total. The molecule has 170 valence electrons. The number of nitrogens with zero attached hydrogens (tertiary/aromatic N) is 2. The van der Waals surface area contributed by atoms with Gasteiger partial charge < -0.3 is 0 Å². The molecule has 0 radical (unpaired) electrons. The molecular weight excluding hydrogens is 376 g/mol. The van der Waals surface area contributed by atoms with E-state index in [1.54, 1.807) is 6.42 Å². The molecule has 1 aromatic rings. The Kier molecular flexibility index (Phi) is 5.77. The Morgan fingerprint density at radius 3 is 2.58 bits per heavy atom. The molecule has 4 saturated carbocycles. The first-order valence-electron chi connectivity index (χ1n) is 13.5. The first-order valence-corrected chi connectivity index (χ1v) is 13.5. The zero-order chi connectivity index (χ0) is 21.6. The van der Waals surface area contributed by atoms with Gasteiger partial charge in [-0.1, -0.05) is 33.6 Å². The van der Waals surface area contributed by atoms with Gasteiger partial charge in [0.05, 0.1) is 0 Å². The molecule has 7 unspecified atom stereocenters. The molecule has 0 aromatic carbocycles. The average Bonchev–Trinajstić information content (AvgIpc) is 3.40. The van der Waals surface area contributed by atoms with Crippen LogP contribution < -0.4 is 0 Å². The van der Waals surface area contributed by atoms with Gasteiger partial charge in [-0.3, -0.25) is 4.68 Å². The molecule has 4 aliphatic rings. The van der Waals surface area contributed by atoms with Crippen LogP contribution in [-0.2, 0) is 6.54 Å². The Morgan fingerprint density at radius 1 is 1.03 bits per heavy atom. The molecule has 2 heteroatoms. The summed E-state index contributed by atoms with van der Waals surface area (Å²) in [7, 11) is 0. The Balaban J connectivity index is 1.25. The van der Waals surface area contributed by atoms with E-state index in [0.29, 0.717) is 10.8 Å². The van der Waals surface area contributed by atoms with E-state index < -0.39 is 0 Å². The van der Waals surface area contributed by atoms with E-state index in [1.807, 2.05) is 6.07 Å². The van der Waals surface area contributed by atoms with Crippen molar-refractivity contribution in [2.75, 3.05) is 0 Å². The van der Waals surface area contributed by atoms with Crippen molar-refractivity contribution in [2.24, 2.45) is 46.3 Å². The maximum atomic E-state index is 5.50. The summed E-state index contributed by atoms with van der Waals surface area (Å²) in [5, 5.41) is 4.53. The predicted molar refractivity (Wildman–Crippen MR) is 128 cm³/mol. The summed E-state index contributed by atoms with van der Waals surface area (Å²) in [4.78, 5) is 0. The number of rotatable bonds is 5. The quantitative estimate of drug-likeness (QED) is 0.456. The van der Waals surface area contributed by atoms with E-state index in [1.165, 1.54) is 70.6 Å². The monoisotopic (exact) mass is 420 g/mol. The van der Waals surface area contributed by atoms with E-state index >= 15 is 0 Å². The summed E-state index contributed by atoms with van der Waals surface area (Å²) >= 11 is 0. The Morgan fingerprint density at radius 2 is 1.84 bits per heavy atom. The highest BCUT2D eigenvalue weighted by molar-refractivity contribution is 5.21. The van der Waals surface area contributed by atoms with Crippen LogP contribution in [-0.4, -0.2) is 9.78 Å². The smallest absolute Gasteiger partial charge is 0.134 e. The third-order valence-electron chi connectivity index (χ3n) is 11.4. The Hall–Kier alpha value is -1.23. The summed E-state index contributed by atoms with van der Waals surface area (Å²) in [6.45, 7) is 8.62. The second kappa shape index (κ2) is 8.28. The molecule has 0 aliphatic heterocycles. The van der Waals surface area contributed by atoms with Gasteiger partial charge in [-0.15, -0.1) is 6.42 Å².